The van der Waals surface area contributed by atoms with Crippen LogP contribution in [0.1, 0.15) is 30.9 Å². The average molecular weight is 458 g/mol. The molecule has 1 atom stereocenters. The van der Waals surface area contributed by atoms with E-state index in [4.69, 9.17) is 4.74 Å². The molecule has 172 valence electrons. The summed E-state index contributed by atoms with van der Waals surface area (Å²) in [5.74, 6) is 0.867. The molecule has 32 heavy (non-hydrogen) atoms. The van der Waals surface area contributed by atoms with E-state index in [2.05, 4.69) is 29.3 Å². The summed E-state index contributed by atoms with van der Waals surface area (Å²) in [7, 11) is -3.53. The maximum Gasteiger partial charge on any atom is 0.263 e. The van der Waals surface area contributed by atoms with Crippen molar-refractivity contribution in [3.63, 3.8) is 0 Å². The summed E-state index contributed by atoms with van der Waals surface area (Å²) in [4.78, 5) is 15.3. The molecule has 0 spiro atoms. The molecule has 0 radical (unpaired) electrons. The average Bonchev–Trinajstić information content (AvgIpc) is 2.78. The highest BCUT2D eigenvalue weighted by Crippen LogP contribution is 2.34. The number of fused-ring (bicyclic) bond motifs is 1. The van der Waals surface area contributed by atoms with Gasteiger partial charge >= 0.3 is 0 Å². The fraction of sp³-hybridized carbons (Fsp3) is 0.458. The SMILES string of the molecule is CC1CCN(Cc2cccc(CNC(=O)C3CN(S(C)(=O)=O)c4ccccc4O3)c2)CC1. The molecule has 0 aromatic heterocycles. The zero-order valence-corrected chi connectivity index (χ0v) is 19.5. The van der Waals surface area contributed by atoms with Gasteiger partial charge in [-0.05, 0) is 55.1 Å². The molecule has 0 aliphatic carbocycles. The number of carbonyl (C=O) groups excluding carboxylic acids is 1. The molecular weight excluding hydrogens is 426 g/mol. The number of sulfonamides is 1. The lowest BCUT2D eigenvalue weighted by Crippen LogP contribution is -2.50. The Morgan fingerprint density at radius 1 is 1.09 bits per heavy atom. The van der Waals surface area contributed by atoms with Gasteiger partial charge in [0.1, 0.15) is 5.75 Å². The van der Waals surface area contributed by atoms with E-state index in [-0.39, 0.29) is 12.5 Å². The maximum absolute atomic E-state index is 12.8. The van der Waals surface area contributed by atoms with Crippen LogP contribution in [0.25, 0.3) is 0 Å². The van der Waals surface area contributed by atoms with Crippen LogP contribution in [0.3, 0.4) is 0 Å². The molecular formula is C24H31N3O4S. The Hall–Kier alpha value is -2.58. The van der Waals surface area contributed by atoms with E-state index in [1.54, 1.807) is 24.3 Å². The Labute approximate surface area is 190 Å². The summed E-state index contributed by atoms with van der Waals surface area (Å²) in [5.41, 5.74) is 2.70. The highest BCUT2D eigenvalue weighted by Gasteiger charge is 2.34. The van der Waals surface area contributed by atoms with Crippen LogP contribution in [-0.4, -0.2) is 51.2 Å². The summed E-state index contributed by atoms with van der Waals surface area (Å²) in [6.45, 7) is 5.79. The second-order valence-electron chi connectivity index (χ2n) is 8.86. The number of carbonyl (C=O) groups is 1. The number of piperidine rings is 1. The van der Waals surface area contributed by atoms with E-state index in [1.165, 1.54) is 22.7 Å². The smallest absolute Gasteiger partial charge is 0.263 e. The minimum absolute atomic E-state index is 0.0465. The Morgan fingerprint density at radius 3 is 2.56 bits per heavy atom. The molecule has 1 saturated heterocycles. The van der Waals surface area contributed by atoms with Crippen LogP contribution in [0.4, 0.5) is 5.69 Å². The number of para-hydroxylation sites is 2. The van der Waals surface area contributed by atoms with Crippen molar-refractivity contribution in [1.29, 1.82) is 0 Å². The van der Waals surface area contributed by atoms with E-state index in [0.717, 1.165) is 37.4 Å². The molecule has 7 nitrogen and oxygen atoms in total. The van der Waals surface area contributed by atoms with Gasteiger partial charge in [0.25, 0.3) is 5.91 Å². The molecule has 1 N–H and O–H groups in total. The first-order valence-electron chi connectivity index (χ1n) is 11.1. The highest BCUT2D eigenvalue weighted by molar-refractivity contribution is 7.92. The second-order valence-corrected chi connectivity index (χ2v) is 10.8. The Bertz CT molecular complexity index is 1060. The number of anilines is 1. The van der Waals surface area contributed by atoms with Crippen molar-refractivity contribution in [3.05, 3.63) is 59.7 Å². The third-order valence-electron chi connectivity index (χ3n) is 6.17. The molecule has 2 heterocycles. The second kappa shape index (κ2) is 9.50. The van der Waals surface area contributed by atoms with Crippen LogP contribution in [0.2, 0.25) is 0 Å². The van der Waals surface area contributed by atoms with Crippen LogP contribution < -0.4 is 14.4 Å². The standard InChI is InChI=1S/C24H31N3O4S/c1-18-10-12-26(13-11-18)16-20-7-5-6-19(14-20)15-25-24(28)23-17-27(32(2,29)30)21-8-3-4-9-22(21)31-23/h3-9,14,18,23H,10-13,15-17H2,1-2H3,(H,25,28). The van der Waals surface area contributed by atoms with Gasteiger partial charge in [-0.25, -0.2) is 8.42 Å². The van der Waals surface area contributed by atoms with Gasteiger partial charge in [-0.2, -0.15) is 0 Å². The van der Waals surface area contributed by atoms with Crippen LogP contribution in [0, 0.1) is 5.92 Å². The minimum atomic E-state index is -3.53. The number of ether oxygens (including phenoxy) is 1. The Kier molecular flexibility index (Phi) is 6.71. The first-order valence-corrected chi connectivity index (χ1v) is 13.0. The molecule has 4 rings (SSSR count). The van der Waals surface area contributed by atoms with Crippen LogP contribution in [-0.2, 0) is 27.9 Å². The molecule has 1 fully saturated rings. The van der Waals surface area contributed by atoms with Gasteiger partial charge in [0, 0.05) is 13.1 Å². The molecule has 2 aliphatic heterocycles. The summed E-state index contributed by atoms with van der Waals surface area (Å²) >= 11 is 0. The normalized spacial score (nSPS) is 19.8. The highest BCUT2D eigenvalue weighted by atomic mass is 32.2. The summed E-state index contributed by atoms with van der Waals surface area (Å²) < 4.78 is 31.5. The van der Waals surface area contributed by atoms with Gasteiger partial charge in [0.2, 0.25) is 10.0 Å². The van der Waals surface area contributed by atoms with Gasteiger partial charge in [-0.1, -0.05) is 43.3 Å². The molecule has 8 heteroatoms. The lowest BCUT2D eigenvalue weighted by molar-refractivity contribution is -0.127. The van der Waals surface area contributed by atoms with Gasteiger partial charge in [0.05, 0.1) is 18.5 Å². The number of hydrogen-bond acceptors (Lipinski definition) is 5. The molecule has 1 unspecified atom stereocenters. The number of amides is 1. The summed E-state index contributed by atoms with van der Waals surface area (Å²) in [6, 6.07) is 15.1. The van der Waals surface area contributed by atoms with Gasteiger partial charge < -0.3 is 10.1 Å². The molecule has 0 saturated carbocycles. The van der Waals surface area contributed by atoms with Crippen molar-refractivity contribution < 1.29 is 17.9 Å². The molecule has 2 aromatic carbocycles. The van der Waals surface area contributed by atoms with Crippen molar-refractivity contribution in [2.45, 2.75) is 39.0 Å². The van der Waals surface area contributed by atoms with Crippen LogP contribution in [0.15, 0.2) is 48.5 Å². The van der Waals surface area contributed by atoms with Crippen molar-refractivity contribution in [2.24, 2.45) is 5.92 Å². The first kappa shape index (κ1) is 22.6. The third-order valence-corrected chi connectivity index (χ3v) is 7.31. The monoisotopic (exact) mass is 457 g/mol. The molecule has 0 bridgehead atoms. The van der Waals surface area contributed by atoms with Crippen molar-refractivity contribution in [2.75, 3.05) is 30.2 Å². The van der Waals surface area contributed by atoms with Gasteiger partial charge in [0.15, 0.2) is 6.10 Å². The van der Waals surface area contributed by atoms with Crippen molar-refractivity contribution >= 4 is 21.6 Å². The van der Waals surface area contributed by atoms with Crippen LogP contribution >= 0.6 is 0 Å². The maximum atomic E-state index is 12.8. The number of rotatable bonds is 6. The number of hydrogen-bond donors (Lipinski definition) is 1. The Balaban J connectivity index is 1.38. The zero-order valence-electron chi connectivity index (χ0n) is 18.7. The predicted molar refractivity (Wildman–Crippen MR) is 125 cm³/mol. The number of likely N-dealkylation sites (tertiary alicyclic amines) is 1. The van der Waals surface area contributed by atoms with E-state index < -0.39 is 16.1 Å². The summed E-state index contributed by atoms with van der Waals surface area (Å²) in [6.07, 6.45) is 2.71. The fourth-order valence-electron chi connectivity index (χ4n) is 4.27. The van der Waals surface area contributed by atoms with E-state index >= 15 is 0 Å². The Morgan fingerprint density at radius 2 is 1.81 bits per heavy atom. The zero-order chi connectivity index (χ0) is 22.7. The van der Waals surface area contributed by atoms with Gasteiger partial charge in [-0.3, -0.25) is 14.0 Å². The van der Waals surface area contributed by atoms with E-state index in [0.29, 0.717) is 18.0 Å². The van der Waals surface area contributed by atoms with Gasteiger partial charge in [-0.15, -0.1) is 0 Å². The topological polar surface area (TPSA) is 79.0 Å². The molecule has 1 amide bonds. The van der Waals surface area contributed by atoms with Crippen molar-refractivity contribution in [1.82, 2.24) is 10.2 Å². The number of nitrogens with zero attached hydrogens (tertiary/aromatic N) is 2. The lowest BCUT2D eigenvalue weighted by Gasteiger charge is -2.33. The van der Waals surface area contributed by atoms with Crippen molar-refractivity contribution in [3.8, 4) is 5.75 Å². The minimum Gasteiger partial charge on any atom is -0.476 e. The first-order chi connectivity index (χ1) is 15.3. The summed E-state index contributed by atoms with van der Waals surface area (Å²) in [5, 5.41) is 2.91. The van der Waals surface area contributed by atoms with E-state index in [9.17, 15) is 13.2 Å². The predicted octanol–water partition coefficient (Wildman–Crippen LogP) is 2.76. The number of benzene rings is 2. The molecule has 2 aliphatic rings. The van der Waals surface area contributed by atoms with Crippen LogP contribution in [0.5, 0.6) is 5.75 Å². The van der Waals surface area contributed by atoms with E-state index in [1.807, 2.05) is 12.1 Å². The fourth-order valence-corrected chi connectivity index (χ4v) is 5.19. The quantitative estimate of drug-likeness (QED) is 0.722. The lowest BCUT2D eigenvalue weighted by atomic mass is 9.98. The molecule has 2 aromatic rings. The number of nitrogens with one attached hydrogen (secondary N) is 1. The third kappa shape index (κ3) is 5.42. The largest absolute Gasteiger partial charge is 0.476 e.